The summed E-state index contributed by atoms with van der Waals surface area (Å²) in [6.45, 7) is 2.03. The summed E-state index contributed by atoms with van der Waals surface area (Å²) in [6.07, 6.45) is 2.68. The molecule has 0 saturated carbocycles. The number of halogens is 1. The van der Waals surface area contributed by atoms with Gasteiger partial charge in [-0.1, -0.05) is 36.7 Å². The summed E-state index contributed by atoms with van der Waals surface area (Å²) in [5, 5.41) is 9.86. The summed E-state index contributed by atoms with van der Waals surface area (Å²) in [5.41, 5.74) is 7.79. The second-order valence-corrected chi connectivity index (χ2v) is 4.86. The van der Waals surface area contributed by atoms with Crippen LogP contribution in [0.15, 0.2) is 42.6 Å². The lowest BCUT2D eigenvalue weighted by molar-refractivity contribution is 0.457. The second-order valence-electron chi connectivity index (χ2n) is 4.45. The van der Waals surface area contributed by atoms with Crippen LogP contribution in [0.4, 0.5) is 0 Å². The average molecular weight is 274 g/mol. The van der Waals surface area contributed by atoms with E-state index in [0.717, 1.165) is 12.0 Å². The molecule has 0 aliphatic heterocycles. The van der Waals surface area contributed by atoms with Crippen LogP contribution in [0, 0.1) is 11.3 Å². The van der Waals surface area contributed by atoms with Crippen LogP contribution in [-0.4, -0.2) is 10.6 Å². The molecule has 2 aromatic rings. The minimum atomic E-state index is -0.122. The Kier molecular flexibility index (Phi) is 4.26. The van der Waals surface area contributed by atoms with Crippen molar-refractivity contribution in [3.05, 3.63) is 58.9 Å². The van der Waals surface area contributed by atoms with Crippen molar-refractivity contribution >= 4 is 11.6 Å². The number of rotatable bonds is 4. The molecule has 98 valence electrons. The van der Waals surface area contributed by atoms with E-state index in [-0.39, 0.29) is 12.1 Å². The average Bonchev–Trinajstić information content (AvgIpc) is 2.89. The topological polar surface area (TPSA) is 54.7 Å². The van der Waals surface area contributed by atoms with Gasteiger partial charge in [-0.25, -0.2) is 0 Å². The molecular formula is C15H16ClN3. The first kappa shape index (κ1) is 13.7. The van der Waals surface area contributed by atoms with Crippen LogP contribution in [0.2, 0.25) is 5.02 Å². The van der Waals surface area contributed by atoms with E-state index in [1.807, 2.05) is 48.0 Å². The van der Waals surface area contributed by atoms with Gasteiger partial charge in [-0.3, -0.25) is 0 Å². The fraction of sp³-hybridized carbons (Fsp3) is 0.267. The molecule has 4 heteroatoms. The normalized spacial score (nSPS) is 13.8. The zero-order chi connectivity index (χ0) is 13.8. The first-order chi connectivity index (χ1) is 9.19. The Bertz CT molecular complexity index is 595. The van der Waals surface area contributed by atoms with Gasteiger partial charge in [-0.15, -0.1) is 0 Å². The molecule has 0 bridgehead atoms. The van der Waals surface area contributed by atoms with Crippen LogP contribution in [-0.2, 0) is 0 Å². The first-order valence-electron chi connectivity index (χ1n) is 6.26. The SMILES string of the molecule is CCC(N)C(c1ccccc1Cl)n1cccc1C#N. The van der Waals surface area contributed by atoms with Crippen LogP contribution >= 0.6 is 11.6 Å². The number of aromatic nitrogens is 1. The van der Waals surface area contributed by atoms with E-state index in [9.17, 15) is 5.26 Å². The summed E-state index contributed by atoms with van der Waals surface area (Å²) < 4.78 is 1.90. The van der Waals surface area contributed by atoms with Crippen LogP contribution in [0.25, 0.3) is 0 Å². The lowest BCUT2D eigenvalue weighted by Crippen LogP contribution is -2.33. The van der Waals surface area contributed by atoms with Crippen molar-refractivity contribution < 1.29 is 0 Å². The lowest BCUT2D eigenvalue weighted by atomic mass is 9.97. The lowest BCUT2D eigenvalue weighted by Gasteiger charge is -2.26. The summed E-state index contributed by atoms with van der Waals surface area (Å²) in [5.74, 6) is 0. The quantitative estimate of drug-likeness (QED) is 0.929. The molecule has 2 unspecified atom stereocenters. The zero-order valence-corrected chi connectivity index (χ0v) is 11.5. The number of nitriles is 1. The largest absolute Gasteiger partial charge is 0.330 e. The van der Waals surface area contributed by atoms with Gasteiger partial charge in [0.15, 0.2) is 0 Å². The molecule has 0 aliphatic carbocycles. The Hall–Kier alpha value is -1.76. The third-order valence-corrected chi connectivity index (χ3v) is 3.64. The van der Waals surface area contributed by atoms with E-state index < -0.39 is 0 Å². The predicted molar refractivity (Wildman–Crippen MR) is 77.0 cm³/mol. The summed E-state index contributed by atoms with van der Waals surface area (Å²) in [4.78, 5) is 0. The molecule has 0 aliphatic rings. The molecule has 2 atom stereocenters. The third kappa shape index (κ3) is 2.65. The number of hydrogen-bond acceptors (Lipinski definition) is 2. The molecule has 1 aromatic heterocycles. The molecular weight excluding hydrogens is 258 g/mol. The molecule has 0 amide bonds. The van der Waals surface area contributed by atoms with E-state index in [1.54, 1.807) is 6.07 Å². The van der Waals surface area contributed by atoms with Crippen molar-refractivity contribution in [3.8, 4) is 6.07 Å². The number of nitrogens with two attached hydrogens (primary N) is 1. The maximum absolute atomic E-state index is 9.18. The Labute approximate surface area is 118 Å². The van der Waals surface area contributed by atoms with Crippen LogP contribution < -0.4 is 5.73 Å². The minimum absolute atomic E-state index is 0.0978. The van der Waals surface area contributed by atoms with Crippen molar-refractivity contribution in [2.75, 3.05) is 0 Å². The van der Waals surface area contributed by atoms with Crippen molar-refractivity contribution in [2.24, 2.45) is 5.73 Å². The first-order valence-corrected chi connectivity index (χ1v) is 6.63. The number of nitrogens with zero attached hydrogens (tertiary/aromatic N) is 2. The molecule has 1 aromatic carbocycles. The van der Waals surface area contributed by atoms with E-state index in [2.05, 4.69) is 6.07 Å². The monoisotopic (exact) mass is 273 g/mol. The maximum Gasteiger partial charge on any atom is 0.120 e. The molecule has 0 spiro atoms. The van der Waals surface area contributed by atoms with Gasteiger partial charge in [0.05, 0.1) is 6.04 Å². The van der Waals surface area contributed by atoms with Gasteiger partial charge in [-0.05, 0) is 30.2 Å². The van der Waals surface area contributed by atoms with E-state index >= 15 is 0 Å². The van der Waals surface area contributed by atoms with E-state index in [4.69, 9.17) is 17.3 Å². The molecule has 2 rings (SSSR count). The smallest absolute Gasteiger partial charge is 0.120 e. The van der Waals surface area contributed by atoms with Gasteiger partial charge < -0.3 is 10.3 Å². The Morgan fingerprint density at radius 1 is 1.32 bits per heavy atom. The zero-order valence-electron chi connectivity index (χ0n) is 10.8. The van der Waals surface area contributed by atoms with Gasteiger partial charge in [0.2, 0.25) is 0 Å². The molecule has 0 radical (unpaired) electrons. The fourth-order valence-corrected chi connectivity index (χ4v) is 2.50. The molecule has 0 fully saturated rings. The standard InChI is InChI=1S/C15H16ClN3/c1-2-14(18)15(12-7-3-4-8-13(12)16)19-9-5-6-11(19)10-17/h3-9,14-15H,2,18H2,1H3. The van der Waals surface area contributed by atoms with Crippen LogP contribution in [0.1, 0.15) is 30.6 Å². The van der Waals surface area contributed by atoms with Gasteiger partial charge in [0.1, 0.15) is 11.8 Å². The molecule has 2 N–H and O–H groups in total. The molecule has 0 saturated heterocycles. The van der Waals surface area contributed by atoms with Gasteiger partial charge in [0, 0.05) is 17.3 Å². The van der Waals surface area contributed by atoms with Gasteiger partial charge >= 0.3 is 0 Å². The highest BCUT2D eigenvalue weighted by Gasteiger charge is 2.23. The van der Waals surface area contributed by atoms with Gasteiger partial charge in [0.25, 0.3) is 0 Å². The highest BCUT2D eigenvalue weighted by Crippen LogP contribution is 2.30. The van der Waals surface area contributed by atoms with Gasteiger partial charge in [-0.2, -0.15) is 5.26 Å². The van der Waals surface area contributed by atoms with E-state index in [0.29, 0.717) is 10.7 Å². The Morgan fingerprint density at radius 3 is 2.68 bits per heavy atom. The highest BCUT2D eigenvalue weighted by molar-refractivity contribution is 6.31. The number of benzene rings is 1. The Balaban J connectivity index is 2.55. The highest BCUT2D eigenvalue weighted by atomic mass is 35.5. The second kappa shape index (κ2) is 5.92. The Morgan fingerprint density at radius 2 is 2.05 bits per heavy atom. The summed E-state index contributed by atoms with van der Waals surface area (Å²) >= 11 is 6.28. The van der Waals surface area contributed by atoms with Crippen molar-refractivity contribution in [1.82, 2.24) is 4.57 Å². The summed E-state index contributed by atoms with van der Waals surface area (Å²) in [6, 6.07) is 13.2. The molecule has 3 nitrogen and oxygen atoms in total. The van der Waals surface area contributed by atoms with Crippen molar-refractivity contribution in [2.45, 2.75) is 25.4 Å². The summed E-state index contributed by atoms with van der Waals surface area (Å²) in [7, 11) is 0. The molecule has 19 heavy (non-hydrogen) atoms. The fourth-order valence-electron chi connectivity index (χ4n) is 2.26. The number of hydrogen-bond donors (Lipinski definition) is 1. The van der Waals surface area contributed by atoms with Crippen LogP contribution in [0.5, 0.6) is 0 Å². The van der Waals surface area contributed by atoms with Crippen molar-refractivity contribution in [1.29, 1.82) is 5.26 Å². The van der Waals surface area contributed by atoms with Crippen molar-refractivity contribution in [3.63, 3.8) is 0 Å². The van der Waals surface area contributed by atoms with E-state index in [1.165, 1.54) is 0 Å². The predicted octanol–water partition coefficient (Wildman–Crippen LogP) is 3.34. The van der Waals surface area contributed by atoms with Crippen LogP contribution in [0.3, 0.4) is 0 Å². The molecule has 1 heterocycles. The minimum Gasteiger partial charge on any atom is -0.330 e. The third-order valence-electron chi connectivity index (χ3n) is 3.29. The maximum atomic E-state index is 9.18.